The molecule has 2 rings (SSSR count). The Morgan fingerprint density at radius 1 is 1.00 bits per heavy atom. The minimum Gasteiger partial charge on any atom is -0.493 e. The molecule has 0 aliphatic rings. The number of ether oxygens (including phenoxy) is 2. The SMILES string of the molecule is CCC(Oc1ccccc1OC)C(=O)NC(CC)c1ccc(C)cc1. The molecule has 0 spiro atoms. The van der Waals surface area contributed by atoms with Crippen LogP contribution in [-0.4, -0.2) is 19.1 Å². The van der Waals surface area contributed by atoms with Crippen LogP contribution in [0, 0.1) is 6.92 Å². The number of para-hydroxylation sites is 2. The second kappa shape index (κ2) is 9.11. The number of carbonyl (C=O) groups is 1. The Bertz CT molecular complexity index is 682. The molecule has 2 aromatic carbocycles. The number of methoxy groups -OCH3 is 1. The summed E-state index contributed by atoms with van der Waals surface area (Å²) in [6.07, 6.45) is 0.837. The first kappa shape index (κ1) is 18.8. The van der Waals surface area contributed by atoms with Crippen molar-refractivity contribution in [2.24, 2.45) is 0 Å². The molecule has 0 bridgehead atoms. The summed E-state index contributed by atoms with van der Waals surface area (Å²) < 4.78 is 11.2. The summed E-state index contributed by atoms with van der Waals surface area (Å²) in [6, 6.07) is 15.6. The molecule has 4 heteroatoms. The number of benzene rings is 2. The van der Waals surface area contributed by atoms with E-state index in [1.807, 2.05) is 31.2 Å². The van der Waals surface area contributed by atoms with Crippen LogP contribution in [0.2, 0.25) is 0 Å². The van der Waals surface area contributed by atoms with E-state index in [2.05, 4.69) is 43.4 Å². The standard InChI is InChI=1S/C21H27NO3/c1-5-17(16-13-11-15(3)12-14-16)22-21(23)18(6-2)25-20-10-8-7-9-19(20)24-4/h7-14,17-18H,5-6H2,1-4H3,(H,22,23). The molecule has 0 saturated heterocycles. The van der Waals surface area contributed by atoms with E-state index < -0.39 is 6.10 Å². The third-order valence-corrected chi connectivity index (χ3v) is 4.21. The average molecular weight is 341 g/mol. The Hall–Kier alpha value is -2.49. The zero-order chi connectivity index (χ0) is 18.2. The van der Waals surface area contributed by atoms with Gasteiger partial charge >= 0.3 is 0 Å². The van der Waals surface area contributed by atoms with Gasteiger partial charge in [-0.15, -0.1) is 0 Å². The zero-order valence-electron chi connectivity index (χ0n) is 15.4. The van der Waals surface area contributed by atoms with Gasteiger partial charge in [0.05, 0.1) is 13.2 Å². The predicted molar refractivity (Wildman–Crippen MR) is 100 cm³/mol. The maximum absolute atomic E-state index is 12.7. The van der Waals surface area contributed by atoms with Gasteiger partial charge in [-0.3, -0.25) is 4.79 Å². The van der Waals surface area contributed by atoms with Crippen molar-refractivity contribution in [1.82, 2.24) is 5.32 Å². The maximum Gasteiger partial charge on any atom is 0.261 e. The van der Waals surface area contributed by atoms with Gasteiger partial charge in [-0.05, 0) is 37.5 Å². The molecular weight excluding hydrogens is 314 g/mol. The van der Waals surface area contributed by atoms with Gasteiger partial charge in [0.2, 0.25) is 0 Å². The summed E-state index contributed by atoms with van der Waals surface area (Å²) >= 11 is 0. The van der Waals surface area contributed by atoms with Crippen LogP contribution in [0.5, 0.6) is 11.5 Å². The summed E-state index contributed by atoms with van der Waals surface area (Å²) in [5.41, 5.74) is 2.31. The van der Waals surface area contributed by atoms with Crippen LogP contribution in [0.4, 0.5) is 0 Å². The lowest BCUT2D eigenvalue weighted by molar-refractivity contribution is -0.129. The summed E-state index contributed by atoms with van der Waals surface area (Å²) in [4.78, 5) is 12.7. The highest BCUT2D eigenvalue weighted by Gasteiger charge is 2.23. The van der Waals surface area contributed by atoms with E-state index in [0.717, 1.165) is 12.0 Å². The molecule has 0 fully saturated rings. The Morgan fingerprint density at radius 2 is 1.64 bits per heavy atom. The minimum atomic E-state index is -0.559. The molecule has 0 heterocycles. The Balaban J connectivity index is 2.09. The van der Waals surface area contributed by atoms with Gasteiger partial charge in [-0.2, -0.15) is 0 Å². The van der Waals surface area contributed by atoms with Gasteiger partial charge in [-0.1, -0.05) is 55.8 Å². The van der Waals surface area contributed by atoms with Gasteiger partial charge in [0.25, 0.3) is 5.91 Å². The summed E-state index contributed by atoms with van der Waals surface area (Å²) in [6.45, 7) is 6.05. The first-order chi connectivity index (χ1) is 12.1. The van der Waals surface area contributed by atoms with Crippen LogP contribution in [-0.2, 0) is 4.79 Å². The molecule has 2 atom stereocenters. The van der Waals surface area contributed by atoms with Crippen LogP contribution in [0.15, 0.2) is 48.5 Å². The molecule has 4 nitrogen and oxygen atoms in total. The average Bonchev–Trinajstić information content (AvgIpc) is 2.65. The van der Waals surface area contributed by atoms with Crippen molar-refractivity contribution in [3.63, 3.8) is 0 Å². The van der Waals surface area contributed by atoms with E-state index >= 15 is 0 Å². The van der Waals surface area contributed by atoms with E-state index in [4.69, 9.17) is 9.47 Å². The number of carbonyl (C=O) groups excluding carboxylic acids is 1. The Kier molecular flexibility index (Phi) is 6.87. The van der Waals surface area contributed by atoms with Crippen molar-refractivity contribution in [3.05, 3.63) is 59.7 Å². The summed E-state index contributed by atoms with van der Waals surface area (Å²) in [5, 5.41) is 3.11. The number of hydrogen-bond donors (Lipinski definition) is 1. The van der Waals surface area contributed by atoms with Crippen molar-refractivity contribution in [3.8, 4) is 11.5 Å². The second-order valence-corrected chi connectivity index (χ2v) is 6.05. The molecule has 2 unspecified atom stereocenters. The van der Waals surface area contributed by atoms with Crippen LogP contribution in [0.3, 0.4) is 0 Å². The molecule has 25 heavy (non-hydrogen) atoms. The lowest BCUT2D eigenvalue weighted by Gasteiger charge is -2.23. The highest BCUT2D eigenvalue weighted by atomic mass is 16.5. The van der Waals surface area contributed by atoms with E-state index in [9.17, 15) is 4.79 Å². The fraction of sp³-hybridized carbons (Fsp3) is 0.381. The molecule has 0 aliphatic heterocycles. The monoisotopic (exact) mass is 341 g/mol. The first-order valence-corrected chi connectivity index (χ1v) is 8.75. The van der Waals surface area contributed by atoms with E-state index in [1.54, 1.807) is 7.11 Å². The number of aryl methyl sites for hydroxylation is 1. The summed E-state index contributed by atoms with van der Waals surface area (Å²) in [5.74, 6) is 1.09. The molecule has 0 aromatic heterocycles. The lowest BCUT2D eigenvalue weighted by atomic mass is 10.0. The maximum atomic E-state index is 12.7. The third-order valence-electron chi connectivity index (χ3n) is 4.21. The van der Waals surface area contributed by atoms with Crippen molar-refractivity contribution in [1.29, 1.82) is 0 Å². The number of nitrogens with one attached hydrogen (secondary N) is 1. The highest BCUT2D eigenvalue weighted by Crippen LogP contribution is 2.27. The Morgan fingerprint density at radius 3 is 2.20 bits per heavy atom. The lowest BCUT2D eigenvalue weighted by Crippen LogP contribution is -2.40. The molecular formula is C21H27NO3. The molecule has 0 saturated carbocycles. The van der Waals surface area contributed by atoms with Crippen LogP contribution < -0.4 is 14.8 Å². The van der Waals surface area contributed by atoms with Crippen molar-refractivity contribution < 1.29 is 14.3 Å². The second-order valence-electron chi connectivity index (χ2n) is 6.05. The van der Waals surface area contributed by atoms with Gasteiger partial charge in [-0.25, -0.2) is 0 Å². The van der Waals surface area contributed by atoms with Crippen molar-refractivity contribution >= 4 is 5.91 Å². The van der Waals surface area contributed by atoms with Crippen LogP contribution >= 0.6 is 0 Å². The zero-order valence-corrected chi connectivity index (χ0v) is 15.4. The van der Waals surface area contributed by atoms with Gasteiger partial charge in [0.15, 0.2) is 17.6 Å². The van der Waals surface area contributed by atoms with Gasteiger partial charge in [0.1, 0.15) is 0 Å². The fourth-order valence-electron chi connectivity index (χ4n) is 2.68. The molecule has 2 aromatic rings. The smallest absolute Gasteiger partial charge is 0.261 e. The quantitative estimate of drug-likeness (QED) is 0.773. The number of rotatable bonds is 8. The minimum absolute atomic E-state index is 0.0246. The van der Waals surface area contributed by atoms with Crippen LogP contribution in [0.1, 0.15) is 43.9 Å². The normalized spacial score (nSPS) is 13.0. The molecule has 1 amide bonds. The molecule has 134 valence electrons. The van der Waals surface area contributed by atoms with Gasteiger partial charge in [0, 0.05) is 0 Å². The molecule has 1 N–H and O–H groups in total. The molecule has 0 radical (unpaired) electrons. The first-order valence-electron chi connectivity index (χ1n) is 8.75. The van der Waals surface area contributed by atoms with Gasteiger partial charge < -0.3 is 14.8 Å². The number of amides is 1. The number of hydrogen-bond acceptors (Lipinski definition) is 3. The molecule has 0 aliphatic carbocycles. The highest BCUT2D eigenvalue weighted by molar-refractivity contribution is 5.81. The van der Waals surface area contributed by atoms with Crippen molar-refractivity contribution in [2.45, 2.75) is 45.8 Å². The van der Waals surface area contributed by atoms with E-state index in [0.29, 0.717) is 17.9 Å². The fourth-order valence-corrected chi connectivity index (χ4v) is 2.68. The largest absolute Gasteiger partial charge is 0.493 e. The van der Waals surface area contributed by atoms with Crippen LogP contribution in [0.25, 0.3) is 0 Å². The topological polar surface area (TPSA) is 47.6 Å². The van der Waals surface area contributed by atoms with E-state index in [-0.39, 0.29) is 11.9 Å². The third kappa shape index (κ3) is 4.99. The van der Waals surface area contributed by atoms with Crippen molar-refractivity contribution in [2.75, 3.05) is 7.11 Å². The Labute approximate surface area is 150 Å². The predicted octanol–water partition coefficient (Wildman–Crippen LogP) is 4.43. The summed E-state index contributed by atoms with van der Waals surface area (Å²) in [7, 11) is 1.59. The van der Waals surface area contributed by atoms with E-state index in [1.165, 1.54) is 5.56 Å².